The molecule has 17 heavy (non-hydrogen) atoms. The van der Waals surface area contributed by atoms with Crippen LogP contribution in [0.15, 0.2) is 0 Å². The van der Waals surface area contributed by atoms with Crippen molar-refractivity contribution in [3.63, 3.8) is 0 Å². The highest BCUT2D eigenvalue weighted by molar-refractivity contribution is 4.89. The fourth-order valence-electron chi connectivity index (χ4n) is 3.23. The summed E-state index contributed by atoms with van der Waals surface area (Å²) in [6, 6.07) is 0.607. The minimum atomic E-state index is 0.521. The van der Waals surface area contributed by atoms with Gasteiger partial charge in [0, 0.05) is 19.1 Å². The average molecular weight is 240 g/mol. The molecule has 2 heteroatoms. The molecule has 2 nitrogen and oxygen atoms in total. The van der Waals surface area contributed by atoms with Gasteiger partial charge in [0.15, 0.2) is 0 Å². The largest absolute Gasteiger partial charge is 0.314 e. The van der Waals surface area contributed by atoms with Crippen LogP contribution in [0.25, 0.3) is 0 Å². The number of hydrogen-bond donors (Lipinski definition) is 1. The second-order valence-corrected chi connectivity index (χ2v) is 6.57. The molecule has 1 aliphatic rings. The van der Waals surface area contributed by atoms with Crippen molar-refractivity contribution in [3.8, 4) is 0 Å². The first-order chi connectivity index (χ1) is 7.97. The molecule has 0 radical (unpaired) electrons. The number of nitrogens with zero attached hydrogens (tertiary/aromatic N) is 1. The van der Waals surface area contributed by atoms with Gasteiger partial charge in [0.25, 0.3) is 0 Å². The quantitative estimate of drug-likeness (QED) is 0.767. The van der Waals surface area contributed by atoms with Gasteiger partial charge in [0.05, 0.1) is 0 Å². The van der Waals surface area contributed by atoms with Crippen LogP contribution in [0, 0.1) is 11.3 Å². The lowest BCUT2D eigenvalue weighted by Crippen LogP contribution is -2.47. The van der Waals surface area contributed by atoms with E-state index >= 15 is 0 Å². The van der Waals surface area contributed by atoms with Crippen LogP contribution in [0.2, 0.25) is 0 Å². The van der Waals surface area contributed by atoms with Crippen molar-refractivity contribution in [2.24, 2.45) is 11.3 Å². The summed E-state index contributed by atoms with van der Waals surface area (Å²) in [7, 11) is 2.26. The van der Waals surface area contributed by atoms with E-state index < -0.39 is 0 Å². The molecular weight excluding hydrogens is 208 g/mol. The molecule has 1 saturated carbocycles. The molecule has 1 rings (SSSR count). The average Bonchev–Trinajstić information content (AvgIpc) is 2.26. The van der Waals surface area contributed by atoms with Crippen LogP contribution in [0.4, 0.5) is 0 Å². The molecule has 0 aromatic carbocycles. The molecule has 0 bridgehead atoms. The molecule has 102 valence electrons. The molecule has 0 aromatic rings. The standard InChI is InChI=1S/C15H32N2/c1-6-17(5)12-15(11-16-13(2)3)9-7-8-14(4)10-15/h13-14,16H,6-12H2,1-5H3. The SMILES string of the molecule is CCN(C)CC1(CNC(C)C)CCCC(C)C1. The minimum Gasteiger partial charge on any atom is -0.314 e. The van der Waals surface area contributed by atoms with Gasteiger partial charge in [-0.05, 0) is 37.8 Å². The normalized spacial score (nSPS) is 30.2. The Morgan fingerprint density at radius 1 is 1.41 bits per heavy atom. The van der Waals surface area contributed by atoms with Crippen molar-refractivity contribution >= 4 is 0 Å². The highest BCUT2D eigenvalue weighted by atomic mass is 15.1. The number of hydrogen-bond acceptors (Lipinski definition) is 2. The van der Waals surface area contributed by atoms with Crippen LogP contribution in [0.3, 0.4) is 0 Å². The summed E-state index contributed by atoms with van der Waals surface area (Å²) in [5.41, 5.74) is 0.521. The van der Waals surface area contributed by atoms with E-state index in [0.29, 0.717) is 11.5 Å². The van der Waals surface area contributed by atoms with Crippen molar-refractivity contribution in [1.29, 1.82) is 0 Å². The van der Waals surface area contributed by atoms with Gasteiger partial charge >= 0.3 is 0 Å². The Morgan fingerprint density at radius 3 is 2.65 bits per heavy atom. The summed E-state index contributed by atoms with van der Waals surface area (Å²) in [4.78, 5) is 2.49. The Hall–Kier alpha value is -0.0800. The highest BCUT2D eigenvalue weighted by Gasteiger charge is 2.35. The van der Waals surface area contributed by atoms with Gasteiger partial charge in [-0.15, -0.1) is 0 Å². The first-order valence-electron chi connectivity index (χ1n) is 7.39. The van der Waals surface area contributed by atoms with Gasteiger partial charge in [0.2, 0.25) is 0 Å². The maximum atomic E-state index is 3.68. The lowest BCUT2D eigenvalue weighted by molar-refractivity contribution is 0.0920. The molecule has 2 atom stereocenters. The second-order valence-electron chi connectivity index (χ2n) is 6.57. The van der Waals surface area contributed by atoms with Crippen LogP contribution in [0.5, 0.6) is 0 Å². The van der Waals surface area contributed by atoms with Gasteiger partial charge in [-0.1, -0.05) is 40.5 Å². The van der Waals surface area contributed by atoms with Crippen LogP contribution in [-0.4, -0.2) is 37.6 Å². The molecule has 1 fully saturated rings. The van der Waals surface area contributed by atoms with E-state index in [1.807, 2.05) is 0 Å². The van der Waals surface area contributed by atoms with Crippen LogP contribution < -0.4 is 5.32 Å². The zero-order valence-corrected chi connectivity index (χ0v) is 12.6. The molecule has 1 aliphatic carbocycles. The smallest absolute Gasteiger partial charge is 0.00471 e. The summed E-state index contributed by atoms with van der Waals surface area (Å²) >= 11 is 0. The van der Waals surface area contributed by atoms with Gasteiger partial charge in [-0.2, -0.15) is 0 Å². The van der Waals surface area contributed by atoms with Gasteiger partial charge < -0.3 is 10.2 Å². The minimum absolute atomic E-state index is 0.521. The topological polar surface area (TPSA) is 15.3 Å². The van der Waals surface area contributed by atoms with E-state index in [-0.39, 0.29) is 0 Å². The van der Waals surface area contributed by atoms with Crippen LogP contribution in [-0.2, 0) is 0 Å². The molecule has 0 heterocycles. The third kappa shape index (κ3) is 4.97. The third-order valence-corrected chi connectivity index (χ3v) is 4.22. The maximum absolute atomic E-state index is 3.68. The van der Waals surface area contributed by atoms with Crippen molar-refractivity contribution < 1.29 is 0 Å². The second kappa shape index (κ2) is 6.75. The molecule has 0 spiro atoms. The molecular formula is C15H32N2. The predicted octanol–water partition coefficient (Wildman–Crippen LogP) is 3.13. The Balaban J connectivity index is 2.61. The Morgan fingerprint density at radius 2 is 2.12 bits per heavy atom. The lowest BCUT2D eigenvalue weighted by atomic mass is 9.69. The summed E-state index contributed by atoms with van der Waals surface area (Å²) in [6.45, 7) is 12.8. The van der Waals surface area contributed by atoms with E-state index in [4.69, 9.17) is 0 Å². The van der Waals surface area contributed by atoms with Crippen molar-refractivity contribution in [2.75, 3.05) is 26.7 Å². The molecule has 2 unspecified atom stereocenters. The Bertz CT molecular complexity index is 215. The van der Waals surface area contributed by atoms with E-state index in [1.165, 1.54) is 38.8 Å². The Kier molecular flexibility index (Phi) is 5.94. The summed E-state index contributed by atoms with van der Waals surface area (Å²) in [5, 5.41) is 3.68. The van der Waals surface area contributed by atoms with Gasteiger partial charge in [0.1, 0.15) is 0 Å². The van der Waals surface area contributed by atoms with Crippen LogP contribution >= 0.6 is 0 Å². The fraction of sp³-hybridized carbons (Fsp3) is 1.00. The monoisotopic (exact) mass is 240 g/mol. The fourth-order valence-corrected chi connectivity index (χ4v) is 3.23. The first-order valence-corrected chi connectivity index (χ1v) is 7.39. The highest BCUT2D eigenvalue weighted by Crippen LogP contribution is 2.39. The van der Waals surface area contributed by atoms with Crippen LogP contribution in [0.1, 0.15) is 53.4 Å². The van der Waals surface area contributed by atoms with Crippen molar-refractivity contribution in [2.45, 2.75) is 59.4 Å². The van der Waals surface area contributed by atoms with E-state index in [9.17, 15) is 0 Å². The molecule has 0 saturated heterocycles. The number of rotatable bonds is 6. The Labute approximate surface area is 108 Å². The summed E-state index contributed by atoms with van der Waals surface area (Å²) < 4.78 is 0. The first kappa shape index (κ1) is 15.0. The zero-order chi connectivity index (χ0) is 12.9. The molecule has 0 aliphatic heterocycles. The van der Waals surface area contributed by atoms with Gasteiger partial charge in [-0.3, -0.25) is 0 Å². The van der Waals surface area contributed by atoms with E-state index in [2.05, 4.69) is 45.0 Å². The van der Waals surface area contributed by atoms with Gasteiger partial charge in [-0.25, -0.2) is 0 Å². The summed E-state index contributed by atoms with van der Waals surface area (Å²) in [5.74, 6) is 0.906. The predicted molar refractivity (Wildman–Crippen MR) is 76.4 cm³/mol. The van der Waals surface area contributed by atoms with E-state index in [0.717, 1.165) is 12.5 Å². The molecule has 0 aromatic heterocycles. The molecule has 0 amide bonds. The van der Waals surface area contributed by atoms with Crippen molar-refractivity contribution in [1.82, 2.24) is 10.2 Å². The zero-order valence-electron chi connectivity index (χ0n) is 12.6. The van der Waals surface area contributed by atoms with E-state index in [1.54, 1.807) is 0 Å². The summed E-state index contributed by atoms with van der Waals surface area (Å²) in [6.07, 6.45) is 5.65. The third-order valence-electron chi connectivity index (χ3n) is 4.22. The number of nitrogens with one attached hydrogen (secondary N) is 1. The van der Waals surface area contributed by atoms with Crippen molar-refractivity contribution in [3.05, 3.63) is 0 Å². The maximum Gasteiger partial charge on any atom is 0.00471 e. The lowest BCUT2D eigenvalue weighted by Gasteiger charge is -2.43. The molecule has 1 N–H and O–H groups in total.